The van der Waals surface area contributed by atoms with Crippen molar-refractivity contribution in [2.75, 3.05) is 19.7 Å². The van der Waals surface area contributed by atoms with Gasteiger partial charge in [-0.05, 0) is 61.5 Å². The number of nitrogens with one attached hydrogen (secondary N) is 1. The molecule has 0 bridgehead atoms. The van der Waals surface area contributed by atoms with Crippen LogP contribution in [0.25, 0.3) is 0 Å². The lowest BCUT2D eigenvalue weighted by molar-refractivity contribution is 0.254. The van der Waals surface area contributed by atoms with Crippen LogP contribution in [0, 0.1) is 5.92 Å². The van der Waals surface area contributed by atoms with Crippen molar-refractivity contribution in [2.24, 2.45) is 5.92 Å². The number of hydrogen-bond donors (Lipinski definition) is 1. The van der Waals surface area contributed by atoms with Crippen LogP contribution < -0.4 is 10.1 Å². The van der Waals surface area contributed by atoms with Gasteiger partial charge in [0.2, 0.25) is 0 Å². The number of benzene rings is 2. The van der Waals surface area contributed by atoms with Crippen LogP contribution in [0.3, 0.4) is 0 Å². The molecule has 1 aliphatic rings. The van der Waals surface area contributed by atoms with Gasteiger partial charge in [0.15, 0.2) is 0 Å². The summed E-state index contributed by atoms with van der Waals surface area (Å²) in [7, 11) is 0. The lowest BCUT2D eigenvalue weighted by Crippen LogP contribution is -2.30. The van der Waals surface area contributed by atoms with Crippen LogP contribution >= 0.6 is 0 Å². The Hall–Kier alpha value is -1.80. The number of hydrogen-bond acceptors (Lipinski definition) is 2. The number of piperidine rings is 1. The van der Waals surface area contributed by atoms with Crippen LogP contribution in [0.4, 0.5) is 0 Å². The van der Waals surface area contributed by atoms with E-state index in [1.807, 2.05) is 0 Å². The van der Waals surface area contributed by atoms with Gasteiger partial charge in [-0.15, -0.1) is 0 Å². The first-order chi connectivity index (χ1) is 11.7. The minimum atomic E-state index is 0.00750. The summed E-state index contributed by atoms with van der Waals surface area (Å²) in [6.45, 7) is 7.68. The first-order valence-electron chi connectivity index (χ1n) is 9.16. The first kappa shape index (κ1) is 17.0. The fourth-order valence-corrected chi connectivity index (χ4v) is 3.50. The van der Waals surface area contributed by atoms with Gasteiger partial charge < -0.3 is 10.1 Å². The highest BCUT2D eigenvalue weighted by Crippen LogP contribution is 2.32. The molecule has 0 aliphatic carbocycles. The highest BCUT2D eigenvalue weighted by atomic mass is 16.5. The zero-order valence-corrected chi connectivity index (χ0v) is 14.9. The van der Waals surface area contributed by atoms with Crippen molar-refractivity contribution in [1.29, 1.82) is 0 Å². The second kappa shape index (κ2) is 7.85. The Labute approximate surface area is 146 Å². The molecule has 2 aromatic rings. The van der Waals surface area contributed by atoms with Gasteiger partial charge in [-0.2, -0.15) is 0 Å². The van der Waals surface area contributed by atoms with Crippen LogP contribution in [-0.2, 0) is 5.41 Å². The van der Waals surface area contributed by atoms with Crippen molar-refractivity contribution in [1.82, 2.24) is 5.32 Å². The van der Waals surface area contributed by atoms with Crippen LogP contribution in [0.1, 0.15) is 44.2 Å². The van der Waals surface area contributed by atoms with E-state index in [1.54, 1.807) is 0 Å². The third-order valence-corrected chi connectivity index (χ3v) is 5.27. The van der Waals surface area contributed by atoms with Crippen molar-refractivity contribution < 1.29 is 4.74 Å². The average Bonchev–Trinajstić information content (AvgIpc) is 2.64. The lowest BCUT2D eigenvalue weighted by atomic mass is 9.78. The molecule has 1 aliphatic heterocycles. The van der Waals surface area contributed by atoms with Crippen LogP contribution in [0.5, 0.6) is 5.75 Å². The van der Waals surface area contributed by atoms with Crippen molar-refractivity contribution in [2.45, 2.75) is 38.5 Å². The van der Waals surface area contributed by atoms with Gasteiger partial charge in [0.1, 0.15) is 5.75 Å². The monoisotopic (exact) mass is 323 g/mol. The Kier molecular flexibility index (Phi) is 5.57. The van der Waals surface area contributed by atoms with Gasteiger partial charge in [0, 0.05) is 5.41 Å². The molecule has 128 valence electrons. The van der Waals surface area contributed by atoms with Crippen molar-refractivity contribution in [3.8, 4) is 5.75 Å². The summed E-state index contributed by atoms with van der Waals surface area (Å²) in [5, 5.41) is 3.47. The largest absolute Gasteiger partial charge is 0.494 e. The predicted molar refractivity (Wildman–Crippen MR) is 101 cm³/mol. The van der Waals surface area contributed by atoms with Gasteiger partial charge in [-0.3, -0.25) is 0 Å². The standard InChI is InChI=1S/C22H29NO/c1-22(2,19-8-4-3-5-9-19)20-10-12-21(13-11-20)24-16-14-18-7-6-15-23-17-18/h3-5,8-13,18,23H,6-7,14-17H2,1-2H3. The van der Waals surface area contributed by atoms with Crippen LogP contribution in [0.15, 0.2) is 54.6 Å². The van der Waals surface area contributed by atoms with E-state index in [0.717, 1.165) is 31.2 Å². The highest BCUT2D eigenvalue weighted by molar-refractivity contribution is 5.39. The molecule has 2 aromatic carbocycles. The lowest BCUT2D eigenvalue weighted by Gasteiger charge is -2.26. The highest BCUT2D eigenvalue weighted by Gasteiger charge is 2.22. The molecule has 24 heavy (non-hydrogen) atoms. The summed E-state index contributed by atoms with van der Waals surface area (Å²) in [4.78, 5) is 0. The zero-order chi connectivity index (χ0) is 16.8. The molecule has 1 heterocycles. The SMILES string of the molecule is CC(C)(c1ccccc1)c1ccc(OCCC2CCCNC2)cc1. The van der Waals surface area contributed by atoms with E-state index in [-0.39, 0.29) is 5.41 Å². The summed E-state index contributed by atoms with van der Waals surface area (Å²) in [6.07, 6.45) is 3.78. The summed E-state index contributed by atoms with van der Waals surface area (Å²) in [6, 6.07) is 19.3. The fourth-order valence-electron chi connectivity index (χ4n) is 3.50. The summed E-state index contributed by atoms with van der Waals surface area (Å²) < 4.78 is 5.95. The summed E-state index contributed by atoms with van der Waals surface area (Å²) in [5.74, 6) is 1.75. The third-order valence-electron chi connectivity index (χ3n) is 5.27. The third kappa shape index (κ3) is 4.18. The Morgan fingerprint density at radius 3 is 2.38 bits per heavy atom. The van der Waals surface area contributed by atoms with Crippen molar-refractivity contribution in [3.63, 3.8) is 0 Å². The minimum Gasteiger partial charge on any atom is -0.494 e. The molecule has 0 saturated carbocycles. The zero-order valence-electron chi connectivity index (χ0n) is 14.9. The van der Waals surface area contributed by atoms with Gasteiger partial charge in [-0.1, -0.05) is 56.3 Å². The maximum Gasteiger partial charge on any atom is 0.119 e. The normalized spacial score (nSPS) is 18.3. The molecule has 0 spiro atoms. The molecule has 1 unspecified atom stereocenters. The molecule has 1 saturated heterocycles. The summed E-state index contributed by atoms with van der Waals surface area (Å²) in [5.41, 5.74) is 2.66. The van der Waals surface area contributed by atoms with E-state index >= 15 is 0 Å². The number of ether oxygens (including phenoxy) is 1. The molecule has 0 radical (unpaired) electrons. The van der Waals surface area contributed by atoms with Crippen molar-refractivity contribution in [3.05, 3.63) is 65.7 Å². The predicted octanol–water partition coefficient (Wildman–Crippen LogP) is 4.78. The molecule has 2 nitrogen and oxygen atoms in total. The average molecular weight is 323 g/mol. The summed E-state index contributed by atoms with van der Waals surface area (Å²) >= 11 is 0. The van der Waals surface area contributed by atoms with Gasteiger partial charge in [-0.25, -0.2) is 0 Å². The molecule has 0 aromatic heterocycles. The Morgan fingerprint density at radius 2 is 1.71 bits per heavy atom. The minimum absolute atomic E-state index is 0.00750. The van der Waals surface area contributed by atoms with E-state index in [4.69, 9.17) is 4.74 Å². The molecule has 2 heteroatoms. The van der Waals surface area contributed by atoms with E-state index < -0.39 is 0 Å². The second-order valence-corrected chi connectivity index (χ2v) is 7.36. The smallest absolute Gasteiger partial charge is 0.119 e. The Balaban J connectivity index is 1.57. The Morgan fingerprint density at radius 1 is 1.00 bits per heavy atom. The molecular formula is C22H29NO. The topological polar surface area (TPSA) is 21.3 Å². The first-order valence-corrected chi connectivity index (χ1v) is 9.16. The molecule has 3 rings (SSSR count). The maximum atomic E-state index is 5.95. The molecule has 0 amide bonds. The second-order valence-electron chi connectivity index (χ2n) is 7.36. The maximum absolute atomic E-state index is 5.95. The van der Waals surface area contributed by atoms with E-state index in [2.05, 4.69) is 73.8 Å². The molecule has 1 N–H and O–H groups in total. The van der Waals surface area contributed by atoms with E-state index in [0.29, 0.717) is 0 Å². The quantitative estimate of drug-likeness (QED) is 0.826. The number of rotatable bonds is 6. The fraction of sp³-hybridized carbons (Fsp3) is 0.455. The van der Waals surface area contributed by atoms with Crippen LogP contribution in [0.2, 0.25) is 0 Å². The molecule has 1 fully saturated rings. The van der Waals surface area contributed by atoms with Crippen LogP contribution in [-0.4, -0.2) is 19.7 Å². The van der Waals surface area contributed by atoms with E-state index in [9.17, 15) is 0 Å². The van der Waals surface area contributed by atoms with Gasteiger partial charge in [0.25, 0.3) is 0 Å². The van der Waals surface area contributed by atoms with Gasteiger partial charge in [0.05, 0.1) is 6.61 Å². The molecular weight excluding hydrogens is 294 g/mol. The molecule has 1 atom stereocenters. The Bertz CT molecular complexity index is 612. The van der Waals surface area contributed by atoms with Crippen molar-refractivity contribution >= 4 is 0 Å². The van der Waals surface area contributed by atoms with E-state index in [1.165, 1.54) is 30.5 Å². The van der Waals surface area contributed by atoms with Gasteiger partial charge >= 0.3 is 0 Å².